The Bertz CT molecular complexity index is 623. The molecule has 1 unspecified atom stereocenters. The number of nitrogens with one attached hydrogen (secondary N) is 1. The van der Waals surface area contributed by atoms with Gasteiger partial charge in [0.15, 0.2) is 0 Å². The van der Waals surface area contributed by atoms with Crippen molar-refractivity contribution in [2.45, 2.75) is 19.9 Å². The lowest BCUT2D eigenvalue weighted by Gasteiger charge is -2.15. The Balaban J connectivity index is 2.13. The van der Waals surface area contributed by atoms with Gasteiger partial charge in [-0.25, -0.2) is 0 Å². The van der Waals surface area contributed by atoms with Gasteiger partial charge in [0.2, 0.25) is 0 Å². The number of hydrogen-bond donors (Lipinski definition) is 2. The zero-order valence-corrected chi connectivity index (χ0v) is 12.9. The van der Waals surface area contributed by atoms with Crippen LogP contribution in [0.25, 0.3) is 0 Å². The summed E-state index contributed by atoms with van der Waals surface area (Å²) in [6.07, 6.45) is 0. The zero-order chi connectivity index (χ0) is 14.7. The van der Waals surface area contributed by atoms with Crippen molar-refractivity contribution >= 4 is 21.8 Å². The van der Waals surface area contributed by atoms with Gasteiger partial charge < -0.3 is 10.4 Å². The van der Waals surface area contributed by atoms with Crippen LogP contribution in [0.4, 0.5) is 0 Å². The molecule has 3 nitrogen and oxygen atoms in total. The third-order valence-corrected chi connectivity index (χ3v) is 3.64. The summed E-state index contributed by atoms with van der Waals surface area (Å²) in [4.78, 5) is 12.1. The fraction of sp³-hybridized carbons (Fsp3) is 0.188. The van der Waals surface area contributed by atoms with E-state index in [0.29, 0.717) is 5.56 Å². The molecule has 0 aromatic heterocycles. The van der Waals surface area contributed by atoms with E-state index in [1.54, 1.807) is 18.2 Å². The number of carbonyl (C=O) groups excluding carboxylic acids is 1. The van der Waals surface area contributed by atoms with Crippen LogP contribution in [0.2, 0.25) is 0 Å². The van der Waals surface area contributed by atoms with E-state index in [2.05, 4.69) is 21.2 Å². The van der Waals surface area contributed by atoms with E-state index >= 15 is 0 Å². The van der Waals surface area contributed by atoms with Gasteiger partial charge in [-0.3, -0.25) is 4.79 Å². The van der Waals surface area contributed by atoms with E-state index < -0.39 is 0 Å². The molecule has 0 aliphatic carbocycles. The van der Waals surface area contributed by atoms with Gasteiger partial charge in [0, 0.05) is 4.47 Å². The second-order valence-corrected chi connectivity index (χ2v) is 5.68. The van der Waals surface area contributed by atoms with Crippen LogP contribution in [-0.2, 0) is 0 Å². The van der Waals surface area contributed by atoms with Crippen LogP contribution in [-0.4, -0.2) is 11.0 Å². The van der Waals surface area contributed by atoms with E-state index in [9.17, 15) is 9.90 Å². The van der Waals surface area contributed by atoms with Crippen LogP contribution in [0.5, 0.6) is 5.75 Å². The Morgan fingerprint density at radius 3 is 2.45 bits per heavy atom. The smallest absolute Gasteiger partial charge is 0.255 e. The maximum atomic E-state index is 12.1. The van der Waals surface area contributed by atoms with Crippen molar-refractivity contribution in [1.82, 2.24) is 5.32 Å². The first-order valence-electron chi connectivity index (χ1n) is 6.33. The minimum Gasteiger partial charge on any atom is -0.507 e. The molecule has 104 valence electrons. The number of aromatic hydroxyl groups is 1. The lowest BCUT2D eigenvalue weighted by atomic mass is 10.1. The van der Waals surface area contributed by atoms with Gasteiger partial charge in [0.1, 0.15) is 5.75 Å². The van der Waals surface area contributed by atoms with Gasteiger partial charge in [-0.1, -0.05) is 34.1 Å². The highest BCUT2D eigenvalue weighted by Gasteiger charge is 2.14. The Labute approximate surface area is 126 Å². The molecule has 1 amide bonds. The highest BCUT2D eigenvalue weighted by Crippen LogP contribution is 2.21. The monoisotopic (exact) mass is 333 g/mol. The highest BCUT2D eigenvalue weighted by molar-refractivity contribution is 9.10. The quantitative estimate of drug-likeness (QED) is 0.893. The Kier molecular flexibility index (Phi) is 4.45. The molecule has 0 saturated heterocycles. The Morgan fingerprint density at radius 1 is 1.20 bits per heavy atom. The minimum atomic E-state index is -0.280. The molecule has 4 heteroatoms. The summed E-state index contributed by atoms with van der Waals surface area (Å²) in [6.45, 7) is 3.78. The van der Waals surface area contributed by atoms with Crippen molar-refractivity contribution in [3.8, 4) is 5.75 Å². The number of halogens is 1. The highest BCUT2D eigenvalue weighted by atomic mass is 79.9. The number of aryl methyl sites for hydroxylation is 1. The molecule has 1 atom stereocenters. The van der Waals surface area contributed by atoms with Crippen LogP contribution < -0.4 is 5.32 Å². The van der Waals surface area contributed by atoms with Gasteiger partial charge in [-0.05, 0) is 49.2 Å². The van der Waals surface area contributed by atoms with Crippen molar-refractivity contribution in [1.29, 1.82) is 0 Å². The topological polar surface area (TPSA) is 49.3 Å². The molecule has 2 aromatic carbocycles. The van der Waals surface area contributed by atoms with Gasteiger partial charge in [0.25, 0.3) is 5.91 Å². The molecule has 2 N–H and O–H groups in total. The molecule has 0 radical (unpaired) electrons. The first-order valence-corrected chi connectivity index (χ1v) is 7.12. The average Bonchev–Trinajstić information content (AvgIpc) is 2.39. The standard InChI is InChI=1S/C16H16BrNO2/c1-10-3-8-14(15(19)9-10)16(20)18-11(2)12-4-6-13(17)7-5-12/h3-9,11,19H,1-2H3,(H,18,20). The SMILES string of the molecule is Cc1ccc(C(=O)NC(C)c2ccc(Br)cc2)c(O)c1. The first kappa shape index (κ1) is 14.6. The summed E-state index contributed by atoms with van der Waals surface area (Å²) in [6, 6.07) is 12.7. The fourth-order valence-electron chi connectivity index (χ4n) is 1.94. The maximum absolute atomic E-state index is 12.1. The number of carbonyl (C=O) groups is 1. The molecular weight excluding hydrogens is 318 g/mol. The van der Waals surface area contributed by atoms with Crippen LogP contribution in [0.15, 0.2) is 46.9 Å². The fourth-order valence-corrected chi connectivity index (χ4v) is 2.21. The number of phenolic OH excluding ortho intramolecular Hbond substituents is 1. The average molecular weight is 334 g/mol. The van der Waals surface area contributed by atoms with Crippen molar-refractivity contribution in [2.24, 2.45) is 0 Å². The predicted octanol–water partition coefficient (Wildman–Crippen LogP) is 3.95. The molecule has 0 saturated carbocycles. The molecule has 0 fully saturated rings. The minimum absolute atomic E-state index is 0.00510. The third kappa shape index (κ3) is 3.39. The Hall–Kier alpha value is -1.81. The van der Waals surface area contributed by atoms with Gasteiger partial charge >= 0.3 is 0 Å². The normalized spacial score (nSPS) is 11.9. The molecule has 2 aromatic rings. The molecule has 0 bridgehead atoms. The number of benzene rings is 2. The predicted molar refractivity (Wildman–Crippen MR) is 82.9 cm³/mol. The van der Waals surface area contributed by atoms with E-state index in [4.69, 9.17) is 0 Å². The van der Waals surface area contributed by atoms with E-state index in [1.165, 1.54) is 0 Å². The first-order chi connectivity index (χ1) is 9.47. The van der Waals surface area contributed by atoms with E-state index in [0.717, 1.165) is 15.6 Å². The molecular formula is C16H16BrNO2. The second kappa shape index (κ2) is 6.09. The van der Waals surface area contributed by atoms with Gasteiger partial charge in [-0.2, -0.15) is 0 Å². The van der Waals surface area contributed by atoms with Crippen LogP contribution >= 0.6 is 15.9 Å². The lowest BCUT2D eigenvalue weighted by Crippen LogP contribution is -2.26. The number of hydrogen-bond acceptors (Lipinski definition) is 2. The van der Waals surface area contributed by atoms with Crippen LogP contribution in [0.1, 0.15) is 34.5 Å². The van der Waals surface area contributed by atoms with Crippen LogP contribution in [0, 0.1) is 6.92 Å². The summed E-state index contributed by atoms with van der Waals surface area (Å²) in [5.41, 5.74) is 2.22. The van der Waals surface area contributed by atoms with Crippen molar-refractivity contribution in [3.63, 3.8) is 0 Å². The number of amides is 1. The van der Waals surface area contributed by atoms with E-state index in [-0.39, 0.29) is 17.7 Å². The molecule has 0 spiro atoms. The van der Waals surface area contributed by atoms with Gasteiger partial charge in [0.05, 0.1) is 11.6 Å². The van der Waals surface area contributed by atoms with Gasteiger partial charge in [-0.15, -0.1) is 0 Å². The summed E-state index contributed by atoms with van der Waals surface area (Å²) in [5, 5.41) is 12.7. The Morgan fingerprint density at radius 2 is 1.85 bits per heavy atom. The molecule has 20 heavy (non-hydrogen) atoms. The number of phenols is 1. The number of rotatable bonds is 3. The molecule has 0 aliphatic heterocycles. The van der Waals surface area contributed by atoms with Crippen LogP contribution in [0.3, 0.4) is 0 Å². The summed E-state index contributed by atoms with van der Waals surface area (Å²) < 4.78 is 0.996. The lowest BCUT2D eigenvalue weighted by molar-refractivity contribution is 0.0937. The van der Waals surface area contributed by atoms with Crippen molar-refractivity contribution in [3.05, 3.63) is 63.6 Å². The summed E-state index contributed by atoms with van der Waals surface area (Å²) >= 11 is 3.38. The summed E-state index contributed by atoms with van der Waals surface area (Å²) in [5.74, 6) is -0.275. The summed E-state index contributed by atoms with van der Waals surface area (Å²) in [7, 11) is 0. The second-order valence-electron chi connectivity index (χ2n) is 4.77. The molecule has 2 rings (SSSR count). The molecule has 0 aliphatic rings. The van der Waals surface area contributed by atoms with Crippen molar-refractivity contribution in [2.75, 3.05) is 0 Å². The molecule has 0 heterocycles. The zero-order valence-electron chi connectivity index (χ0n) is 11.4. The van der Waals surface area contributed by atoms with E-state index in [1.807, 2.05) is 38.1 Å². The largest absolute Gasteiger partial charge is 0.507 e. The maximum Gasteiger partial charge on any atom is 0.255 e. The third-order valence-electron chi connectivity index (χ3n) is 3.12. The van der Waals surface area contributed by atoms with Crippen molar-refractivity contribution < 1.29 is 9.90 Å².